The van der Waals surface area contributed by atoms with Crippen molar-refractivity contribution in [3.63, 3.8) is 0 Å². The zero-order valence-corrected chi connectivity index (χ0v) is 21.4. The van der Waals surface area contributed by atoms with E-state index in [1.54, 1.807) is 24.3 Å². The van der Waals surface area contributed by atoms with Crippen LogP contribution in [-0.2, 0) is 18.3 Å². The van der Waals surface area contributed by atoms with E-state index in [0.717, 1.165) is 25.7 Å². The van der Waals surface area contributed by atoms with Crippen molar-refractivity contribution in [2.45, 2.75) is 65.0 Å². The first-order chi connectivity index (χ1) is 14.0. The molecule has 1 aromatic carbocycles. The van der Waals surface area contributed by atoms with E-state index in [4.69, 9.17) is 18.3 Å². The van der Waals surface area contributed by atoms with Crippen LogP contribution < -0.4 is 0 Å². The van der Waals surface area contributed by atoms with Gasteiger partial charge in [-0.3, -0.25) is 0 Å². The van der Waals surface area contributed by atoms with E-state index in [1.165, 1.54) is 0 Å². The molecule has 1 rings (SSSR count). The molecule has 8 heteroatoms. The highest BCUT2D eigenvalue weighted by Gasteiger charge is 2.15. The van der Waals surface area contributed by atoms with Crippen LogP contribution in [0.5, 0.6) is 0 Å². The molecule has 0 unspecified atom stereocenters. The fraction of sp³-hybridized carbons (Fsp3) is 0.636. The van der Waals surface area contributed by atoms with Gasteiger partial charge in [0.2, 0.25) is 0 Å². The van der Waals surface area contributed by atoms with Gasteiger partial charge in [-0.15, -0.1) is 0 Å². The molecule has 0 aliphatic rings. The van der Waals surface area contributed by atoms with Crippen molar-refractivity contribution in [2.24, 2.45) is 0 Å². The average molecular weight is 455 g/mol. The van der Waals surface area contributed by atoms with Crippen LogP contribution in [-0.4, -0.2) is 55.0 Å². The number of unbranched alkanes of at least 4 members (excludes halogenated alkanes) is 2. The van der Waals surface area contributed by atoms with Crippen molar-refractivity contribution < 1.29 is 27.9 Å². The molecule has 0 amide bonds. The van der Waals surface area contributed by atoms with Gasteiger partial charge < -0.3 is 18.3 Å². The van der Waals surface area contributed by atoms with Gasteiger partial charge in [-0.05, 0) is 89.2 Å². The molecule has 0 heterocycles. The Morgan fingerprint density at radius 1 is 0.600 bits per heavy atom. The molecule has 1 aromatic rings. The largest absolute Gasteiger partial charge is 0.462 e. The van der Waals surface area contributed by atoms with Crippen molar-refractivity contribution >= 4 is 28.6 Å². The quantitative estimate of drug-likeness (QED) is 0.217. The first kappa shape index (κ1) is 26.5. The Morgan fingerprint density at radius 3 is 1.20 bits per heavy atom. The third-order valence-electron chi connectivity index (χ3n) is 3.97. The Kier molecular flexibility index (Phi) is 11.5. The maximum Gasteiger partial charge on any atom is 0.338 e. The number of hydrogen-bond donors (Lipinski definition) is 0. The lowest BCUT2D eigenvalue weighted by molar-refractivity contribution is 0.0479. The molecule has 0 aliphatic heterocycles. The average Bonchev–Trinajstić information content (AvgIpc) is 2.65. The minimum Gasteiger partial charge on any atom is -0.462 e. The van der Waals surface area contributed by atoms with Gasteiger partial charge in [-0.25, -0.2) is 9.59 Å². The number of benzene rings is 1. The molecule has 0 bridgehead atoms. The van der Waals surface area contributed by atoms with E-state index in [9.17, 15) is 9.59 Å². The van der Waals surface area contributed by atoms with E-state index in [2.05, 4.69) is 39.3 Å². The number of ether oxygens (including phenoxy) is 2. The smallest absolute Gasteiger partial charge is 0.338 e. The number of rotatable bonds is 14. The molecular weight excluding hydrogens is 416 g/mol. The molecule has 170 valence electrons. The lowest BCUT2D eigenvalue weighted by Gasteiger charge is -2.16. The summed E-state index contributed by atoms with van der Waals surface area (Å²) in [5.74, 6) is -0.771. The number of hydrogen-bond acceptors (Lipinski definition) is 6. The maximum absolute atomic E-state index is 12.1. The lowest BCUT2D eigenvalue weighted by Crippen LogP contribution is -2.25. The number of esters is 2. The van der Waals surface area contributed by atoms with Crippen molar-refractivity contribution in [3.8, 4) is 0 Å². The SMILES string of the molecule is C[Si](C)(C)OCCCCOC(=O)c1ccc(C(=O)OCCCCO[Si](C)(C)C)cc1. The van der Waals surface area contributed by atoms with Crippen molar-refractivity contribution in [3.05, 3.63) is 35.4 Å². The normalized spacial score (nSPS) is 11.9. The molecule has 0 aromatic heterocycles. The summed E-state index contributed by atoms with van der Waals surface area (Å²) in [5.41, 5.74) is 0.849. The lowest BCUT2D eigenvalue weighted by atomic mass is 10.1. The molecule has 30 heavy (non-hydrogen) atoms. The first-order valence-corrected chi connectivity index (χ1v) is 17.5. The molecule has 0 saturated heterocycles. The van der Waals surface area contributed by atoms with E-state index < -0.39 is 16.6 Å². The van der Waals surface area contributed by atoms with Gasteiger partial charge in [0, 0.05) is 13.2 Å². The molecule has 0 saturated carbocycles. The molecule has 0 aliphatic carbocycles. The van der Waals surface area contributed by atoms with E-state index in [-0.39, 0.29) is 11.9 Å². The van der Waals surface area contributed by atoms with Crippen molar-refractivity contribution in [1.29, 1.82) is 0 Å². The van der Waals surface area contributed by atoms with Crippen LogP contribution in [0.25, 0.3) is 0 Å². The Labute approximate surface area is 183 Å². The van der Waals surface area contributed by atoms with Crippen LogP contribution in [0.1, 0.15) is 46.4 Å². The molecule has 0 fully saturated rings. The molecule has 0 atom stereocenters. The van der Waals surface area contributed by atoms with Crippen LogP contribution >= 0.6 is 0 Å². The summed E-state index contributed by atoms with van der Waals surface area (Å²) in [4.78, 5) is 24.2. The van der Waals surface area contributed by atoms with Gasteiger partial charge >= 0.3 is 11.9 Å². The zero-order valence-electron chi connectivity index (χ0n) is 19.4. The molecule has 0 N–H and O–H groups in total. The predicted octanol–water partition coefficient (Wildman–Crippen LogP) is 5.26. The van der Waals surface area contributed by atoms with Gasteiger partial charge in [-0.1, -0.05) is 0 Å². The summed E-state index contributed by atoms with van der Waals surface area (Å²) in [7, 11) is -2.96. The van der Waals surface area contributed by atoms with Gasteiger partial charge in [0.1, 0.15) is 0 Å². The highest BCUT2D eigenvalue weighted by Crippen LogP contribution is 2.10. The summed E-state index contributed by atoms with van der Waals surface area (Å²) in [6.45, 7) is 15.0. The van der Waals surface area contributed by atoms with Crippen LogP contribution in [0, 0.1) is 0 Å². The summed E-state index contributed by atoms with van der Waals surface area (Å²) in [6.07, 6.45) is 3.27. The van der Waals surface area contributed by atoms with Crippen molar-refractivity contribution in [2.75, 3.05) is 26.4 Å². The highest BCUT2D eigenvalue weighted by atomic mass is 28.4. The van der Waals surface area contributed by atoms with Crippen LogP contribution in [0.2, 0.25) is 39.3 Å². The topological polar surface area (TPSA) is 71.1 Å². The van der Waals surface area contributed by atoms with E-state index >= 15 is 0 Å². The number of carbonyl (C=O) groups excluding carboxylic acids is 2. The van der Waals surface area contributed by atoms with E-state index in [0.29, 0.717) is 37.6 Å². The Balaban J connectivity index is 2.24. The fourth-order valence-electron chi connectivity index (χ4n) is 2.40. The highest BCUT2D eigenvalue weighted by molar-refractivity contribution is 6.70. The van der Waals surface area contributed by atoms with Gasteiger partial charge in [-0.2, -0.15) is 0 Å². The van der Waals surface area contributed by atoms with Crippen LogP contribution in [0.3, 0.4) is 0 Å². The molecule has 0 spiro atoms. The monoisotopic (exact) mass is 454 g/mol. The summed E-state index contributed by atoms with van der Waals surface area (Å²) in [5, 5.41) is 0. The molecular formula is C22H38O6Si2. The second-order valence-electron chi connectivity index (χ2n) is 9.19. The number of carbonyl (C=O) groups is 2. The third kappa shape index (κ3) is 12.9. The van der Waals surface area contributed by atoms with Crippen LogP contribution in [0.15, 0.2) is 24.3 Å². The fourth-order valence-corrected chi connectivity index (χ4v) is 3.92. The first-order valence-electron chi connectivity index (χ1n) is 10.7. The Morgan fingerprint density at radius 2 is 0.900 bits per heavy atom. The summed E-state index contributed by atoms with van der Waals surface area (Å²) in [6, 6.07) is 6.37. The summed E-state index contributed by atoms with van der Waals surface area (Å²) >= 11 is 0. The zero-order chi connectivity index (χ0) is 22.6. The Bertz CT molecular complexity index is 590. The van der Waals surface area contributed by atoms with Gasteiger partial charge in [0.05, 0.1) is 24.3 Å². The Hall–Kier alpha value is -1.49. The predicted molar refractivity (Wildman–Crippen MR) is 124 cm³/mol. The molecule has 0 radical (unpaired) electrons. The second-order valence-corrected chi connectivity index (χ2v) is 18.2. The van der Waals surface area contributed by atoms with Crippen LogP contribution in [0.4, 0.5) is 0 Å². The second kappa shape index (κ2) is 13.0. The van der Waals surface area contributed by atoms with E-state index in [1.807, 2.05) is 0 Å². The minimum absolute atomic E-state index is 0.360. The maximum atomic E-state index is 12.1. The minimum atomic E-state index is -1.48. The third-order valence-corrected chi connectivity index (χ3v) is 6.11. The summed E-state index contributed by atoms with van der Waals surface area (Å²) < 4.78 is 22.1. The van der Waals surface area contributed by atoms with Gasteiger partial charge in [0.15, 0.2) is 16.6 Å². The molecule has 6 nitrogen and oxygen atoms in total. The van der Waals surface area contributed by atoms with Gasteiger partial charge in [0.25, 0.3) is 0 Å². The standard InChI is InChI=1S/C22H38O6Si2/c1-29(2,3)27-17-9-7-15-25-21(23)19-11-13-20(14-12-19)22(24)26-16-8-10-18-28-30(4,5)6/h11-14H,7-10,15-18H2,1-6H3. The van der Waals surface area contributed by atoms with Crippen molar-refractivity contribution in [1.82, 2.24) is 0 Å².